The average Bonchev–Trinajstić information content (AvgIpc) is 1.27. The van der Waals surface area contributed by atoms with Crippen molar-refractivity contribution in [1.82, 2.24) is 0 Å². The Morgan fingerprint density at radius 1 is 1.86 bits per heavy atom. The average molecular weight is 102 g/mol. The number of aliphatic hydroxyl groups is 1. The molecule has 0 aliphatic carbocycles. The van der Waals surface area contributed by atoms with Gasteiger partial charge in [0.1, 0.15) is 6.61 Å². The van der Waals surface area contributed by atoms with Crippen molar-refractivity contribution in [3.8, 4) is 0 Å². The molecule has 7 heavy (non-hydrogen) atoms. The molecule has 0 saturated heterocycles. The van der Waals surface area contributed by atoms with Gasteiger partial charge in [-0.05, 0) is 13.0 Å². The van der Waals surface area contributed by atoms with Crippen molar-refractivity contribution in [3.05, 3.63) is 12.3 Å². The molecule has 2 nitrogen and oxygen atoms in total. The highest BCUT2D eigenvalue weighted by Gasteiger charge is 1.79. The quantitative estimate of drug-likeness (QED) is 0.483. The third-order valence-electron chi connectivity index (χ3n) is 0.385. The summed E-state index contributed by atoms with van der Waals surface area (Å²) < 4.78 is 4.54. The number of hydrogen-bond donors (Lipinski definition) is 1. The van der Waals surface area contributed by atoms with E-state index in [-0.39, 0.29) is 6.61 Å². The van der Waals surface area contributed by atoms with Crippen molar-refractivity contribution in [2.45, 2.75) is 6.92 Å². The maximum absolute atomic E-state index is 7.57. The SMILES string of the molecule is C1=COC1.CCO. The molecule has 0 saturated carbocycles. The molecule has 0 atom stereocenters. The smallest absolute Gasteiger partial charge is 0.109 e. The first kappa shape index (κ1) is 6.50. The zero-order chi connectivity index (χ0) is 5.54. The van der Waals surface area contributed by atoms with Gasteiger partial charge in [0.2, 0.25) is 0 Å². The van der Waals surface area contributed by atoms with Gasteiger partial charge in [0.25, 0.3) is 0 Å². The normalized spacial score (nSPS) is 12.9. The lowest BCUT2D eigenvalue weighted by atomic mass is 10.6. The molecule has 1 heterocycles. The molecule has 0 unspecified atom stereocenters. The molecular formula is C5H10O2. The summed E-state index contributed by atoms with van der Waals surface area (Å²) in [6.45, 7) is 2.75. The Balaban J connectivity index is 0.000000110. The summed E-state index contributed by atoms with van der Waals surface area (Å²) >= 11 is 0. The number of hydrogen-bond acceptors (Lipinski definition) is 2. The van der Waals surface area contributed by atoms with Crippen LogP contribution in [-0.4, -0.2) is 18.3 Å². The third kappa shape index (κ3) is 5.50. The van der Waals surface area contributed by atoms with Crippen LogP contribution in [0.25, 0.3) is 0 Å². The molecule has 1 aliphatic heterocycles. The van der Waals surface area contributed by atoms with Crippen molar-refractivity contribution >= 4 is 0 Å². The Bertz CT molecular complexity index is 44.0. The van der Waals surface area contributed by atoms with Gasteiger partial charge in [0.15, 0.2) is 0 Å². The Hall–Kier alpha value is -0.500. The topological polar surface area (TPSA) is 29.5 Å². The van der Waals surface area contributed by atoms with E-state index in [1.807, 2.05) is 6.08 Å². The van der Waals surface area contributed by atoms with Crippen LogP contribution in [0.5, 0.6) is 0 Å². The molecule has 0 bridgehead atoms. The van der Waals surface area contributed by atoms with Gasteiger partial charge in [-0.15, -0.1) is 0 Å². The van der Waals surface area contributed by atoms with E-state index in [1.54, 1.807) is 13.2 Å². The fourth-order valence-electron chi connectivity index (χ4n) is 0.0962. The molecule has 1 aliphatic rings. The van der Waals surface area contributed by atoms with E-state index >= 15 is 0 Å². The van der Waals surface area contributed by atoms with Crippen molar-refractivity contribution in [3.63, 3.8) is 0 Å². The third-order valence-corrected chi connectivity index (χ3v) is 0.385. The fraction of sp³-hybridized carbons (Fsp3) is 0.600. The Kier molecular flexibility index (Phi) is 5.11. The van der Waals surface area contributed by atoms with Crippen LogP contribution >= 0.6 is 0 Å². The molecule has 2 heteroatoms. The fourth-order valence-corrected chi connectivity index (χ4v) is 0.0962. The molecule has 0 aromatic heterocycles. The second-order valence-electron chi connectivity index (χ2n) is 1.02. The number of aliphatic hydroxyl groups excluding tert-OH is 1. The monoisotopic (exact) mass is 102 g/mol. The second-order valence-corrected chi connectivity index (χ2v) is 1.02. The van der Waals surface area contributed by atoms with Crippen LogP contribution in [-0.2, 0) is 4.74 Å². The molecule has 0 spiro atoms. The predicted octanol–water partition coefficient (Wildman–Crippen LogP) is 0.529. The van der Waals surface area contributed by atoms with Gasteiger partial charge in [-0.3, -0.25) is 0 Å². The van der Waals surface area contributed by atoms with Crippen LogP contribution in [0.4, 0.5) is 0 Å². The standard InChI is InChI=1S/C3H4O.C2H6O/c1-2-4-3-1;1-2-3/h1-2H,3H2;3H,2H2,1H3. The highest BCUT2D eigenvalue weighted by atomic mass is 16.5. The van der Waals surface area contributed by atoms with E-state index < -0.39 is 0 Å². The van der Waals surface area contributed by atoms with E-state index in [1.165, 1.54) is 0 Å². The summed E-state index contributed by atoms with van der Waals surface area (Å²) in [4.78, 5) is 0. The van der Waals surface area contributed by atoms with Crippen LogP contribution in [0.15, 0.2) is 12.3 Å². The molecular weight excluding hydrogens is 92.1 g/mol. The van der Waals surface area contributed by atoms with Crippen LogP contribution in [0.2, 0.25) is 0 Å². The van der Waals surface area contributed by atoms with Gasteiger partial charge in [-0.1, -0.05) is 0 Å². The molecule has 0 aromatic rings. The van der Waals surface area contributed by atoms with Crippen molar-refractivity contribution in [1.29, 1.82) is 0 Å². The highest BCUT2D eigenvalue weighted by Crippen LogP contribution is 1.87. The summed E-state index contributed by atoms with van der Waals surface area (Å²) in [6, 6.07) is 0. The van der Waals surface area contributed by atoms with E-state index in [0.717, 1.165) is 6.61 Å². The summed E-state index contributed by atoms with van der Waals surface area (Å²) in [5.41, 5.74) is 0. The maximum atomic E-state index is 7.57. The first-order valence-corrected chi connectivity index (χ1v) is 2.29. The maximum Gasteiger partial charge on any atom is 0.109 e. The molecule has 42 valence electrons. The zero-order valence-corrected chi connectivity index (χ0v) is 4.42. The minimum absolute atomic E-state index is 0.250. The van der Waals surface area contributed by atoms with Crippen LogP contribution in [0, 0.1) is 0 Å². The Morgan fingerprint density at radius 2 is 2.00 bits per heavy atom. The van der Waals surface area contributed by atoms with E-state index in [4.69, 9.17) is 5.11 Å². The Labute approximate surface area is 43.4 Å². The molecule has 1 N–H and O–H groups in total. The predicted molar refractivity (Wildman–Crippen MR) is 27.9 cm³/mol. The van der Waals surface area contributed by atoms with Gasteiger partial charge in [-0.25, -0.2) is 0 Å². The molecule has 0 amide bonds. The van der Waals surface area contributed by atoms with Crippen molar-refractivity contribution in [2.24, 2.45) is 0 Å². The number of ether oxygens (including phenoxy) is 1. The summed E-state index contributed by atoms with van der Waals surface area (Å²) in [5, 5.41) is 7.57. The van der Waals surface area contributed by atoms with Crippen molar-refractivity contribution < 1.29 is 9.84 Å². The van der Waals surface area contributed by atoms with Crippen molar-refractivity contribution in [2.75, 3.05) is 13.2 Å². The molecule has 0 fully saturated rings. The van der Waals surface area contributed by atoms with Gasteiger partial charge in [0, 0.05) is 6.61 Å². The lowest BCUT2D eigenvalue weighted by molar-refractivity contribution is 0.243. The van der Waals surface area contributed by atoms with Crippen LogP contribution in [0.1, 0.15) is 6.92 Å². The molecule has 0 aromatic carbocycles. The van der Waals surface area contributed by atoms with Gasteiger partial charge >= 0.3 is 0 Å². The molecule has 1 rings (SSSR count). The van der Waals surface area contributed by atoms with E-state index in [0.29, 0.717) is 0 Å². The summed E-state index contributed by atoms with van der Waals surface area (Å²) in [7, 11) is 0. The minimum Gasteiger partial charge on any atom is -0.497 e. The second kappa shape index (κ2) is 5.50. The van der Waals surface area contributed by atoms with Crippen LogP contribution < -0.4 is 0 Å². The molecule has 0 radical (unpaired) electrons. The first-order valence-electron chi connectivity index (χ1n) is 2.29. The summed E-state index contributed by atoms with van der Waals surface area (Å²) in [6.07, 6.45) is 3.64. The van der Waals surface area contributed by atoms with Gasteiger partial charge < -0.3 is 9.84 Å². The van der Waals surface area contributed by atoms with E-state index in [9.17, 15) is 0 Å². The van der Waals surface area contributed by atoms with Crippen LogP contribution in [0.3, 0.4) is 0 Å². The Morgan fingerprint density at radius 3 is 2.00 bits per heavy atom. The minimum atomic E-state index is 0.250. The lowest BCUT2D eigenvalue weighted by Crippen LogP contribution is -1.89. The zero-order valence-electron chi connectivity index (χ0n) is 4.42. The van der Waals surface area contributed by atoms with Gasteiger partial charge in [-0.2, -0.15) is 0 Å². The first-order chi connectivity index (χ1) is 3.41. The van der Waals surface area contributed by atoms with E-state index in [2.05, 4.69) is 4.74 Å². The number of rotatable bonds is 0. The lowest BCUT2D eigenvalue weighted by Gasteiger charge is -1.99. The summed E-state index contributed by atoms with van der Waals surface area (Å²) in [5.74, 6) is 0. The highest BCUT2D eigenvalue weighted by molar-refractivity contribution is 4.81. The largest absolute Gasteiger partial charge is 0.497 e. The van der Waals surface area contributed by atoms with Gasteiger partial charge in [0.05, 0.1) is 6.26 Å².